The van der Waals surface area contributed by atoms with Crippen LogP contribution in [-0.4, -0.2) is 47.5 Å². The second kappa shape index (κ2) is 6.99. The zero-order chi connectivity index (χ0) is 14.6. The molecule has 2 aliphatic heterocycles. The van der Waals surface area contributed by atoms with E-state index in [1.54, 1.807) is 0 Å². The number of hydrogen-bond acceptors (Lipinski definition) is 4. The van der Waals surface area contributed by atoms with Gasteiger partial charge in [0.15, 0.2) is 0 Å². The lowest BCUT2D eigenvalue weighted by Gasteiger charge is -2.45. The van der Waals surface area contributed by atoms with Gasteiger partial charge in [0.2, 0.25) is 0 Å². The van der Waals surface area contributed by atoms with Gasteiger partial charge < -0.3 is 15.2 Å². The SMILES string of the molecule is CC(C)(C)C(CCO)NC1CCOC2(CCSCC2)C1. The van der Waals surface area contributed by atoms with Gasteiger partial charge in [0.1, 0.15) is 0 Å². The van der Waals surface area contributed by atoms with Crippen LogP contribution in [0, 0.1) is 5.41 Å². The van der Waals surface area contributed by atoms with E-state index < -0.39 is 0 Å². The van der Waals surface area contributed by atoms with Crippen molar-refractivity contribution in [2.45, 2.75) is 70.6 Å². The van der Waals surface area contributed by atoms with E-state index in [4.69, 9.17) is 4.74 Å². The van der Waals surface area contributed by atoms with E-state index in [1.807, 2.05) is 0 Å². The van der Waals surface area contributed by atoms with Crippen molar-refractivity contribution in [3.05, 3.63) is 0 Å². The third-order valence-electron chi connectivity index (χ3n) is 4.80. The zero-order valence-electron chi connectivity index (χ0n) is 13.3. The highest BCUT2D eigenvalue weighted by Crippen LogP contribution is 2.38. The number of aliphatic hydroxyl groups is 1. The zero-order valence-corrected chi connectivity index (χ0v) is 14.1. The number of ether oxygens (including phenoxy) is 1. The van der Waals surface area contributed by atoms with Crippen molar-refractivity contribution in [3.8, 4) is 0 Å². The average molecular weight is 301 g/mol. The van der Waals surface area contributed by atoms with Crippen LogP contribution in [0.2, 0.25) is 0 Å². The molecule has 2 rings (SSSR count). The molecule has 118 valence electrons. The monoisotopic (exact) mass is 301 g/mol. The van der Waals surface area contributed by atoms with Crippen molar-refractivity contribution in [3.63, 3.8) is 0 Å². The fraction of sp³-hybridized carbons (Fsp3) is 1.00. The first-order chi connectivity index (χ1) is 9.45. The lowest BCUT2D eigenvalue weighted by atomic mass is 9.81. The Morgan fingerprint density at radius 1 is 1.35 bits per heavy atom. The Morgan fingerprint density at radius 2 is 2.05 bits per heavy atom. The van der Waals surface area contributed by atoms with Gasteiger partial charge in [-0.2, -0.15) is 11.8 Å². The van der Waals surface area contributed by atoms with Crippen molar-refractivity contribution in [1.82, 2.24) is 5.32 Å². The molecule has 0 saturated carbocycles. The summed E-state index contributed by atoms with van der Waals surface area (Å²) in [6.45, 7) is 7.92. The van der Waals surface area contributed by atoms with E-state index in [2.05, 4.69) is 37.8 Å². The van der Waals surface area contributed by atoms with Crippen LogP contribution in [0.25, 0.3) is 0 Å². The Labute approximate surface area is 128 Å². The summed E-state index contributed by atoms with van der Waals surface area (Å²) in [6.07, 6.45) is 5.49. The van der Waals surface area contributed by atoms with Crippen LogP contribution in [0.1, 0.15) is 52.9 Å². The fourth-order valence-corrected chi connectivity index (χ4v) is 4.68. The molecule has 2 aliphatic rings. The standard InChI is InChI=1S/C16H31NO2S/c1-15(2,3)14(4-8-18)17-13-5-9-19-16(12-13)6-10-20-11-7-16/h13-14,17-18H,4-12H2,1-3H3. The van der Waals surface area contributed by atoms with Gasteiger partial charge in [-0.15, -0.1) is 0 Å². The minimum Gasteiger partial charge on any atom is -0.396 e. The lowest BCUT2D eigenvalue weighted by Crippen LogP contribution is -2.53. The highest BCUT2D eigenvalue weighted by molar-refractivity contribution is 7.99. The third kappa shape index (κ3) is 4.36. The first-order valence-corrected chi connectivity index (χ1v) is 9.19. The summed E-state index contributed by atoms with van der Waals surface area (Å²) in [7, 11) is 0. The van der Waals surface area contributed by atoms with Crippen molar-refractivity contribution < 1.29 is 9.84 Å². The summed E-state index contributed by atoms with van der Waals surface area (Å²) >= 11 is 2.06. The molecule has 4 heteroatoms. The Hall–Kier alpha value is 0.230. The number of hydrogen-bond donors (Lipinski definition) is 2. The number of thioether (sulfide) groups is 1. The second-order valence-electron chi connectivity index (χ2n) is 7.43. The third-order valence-corrected chi connectivity index (χ3v) is 5.78. The van der Waals surface area contributed by atoms with E-state index in [9.17, 15) is 5.11 Å². The van der Waals surface area contributed by atoms with Crippen molar-refractivity contribution in [2.75, 3.05) is 24.7 Å². The van der Waals surface area contributed by atoms with Crippen LogP contribution in [-0.2, 0) is 4.74 Å². The maximum absolute atomic E-state index is 9.30. The molecule has 1 spiro atoms. The summed E-state index contributed by atoms with van der Waals surface area (Å²) in [6, 6.07) is 0.924. The molecule has 20 heavy (non-hydrogen) atoms. The fourth-order valence-electron chi connectivity index (χ4n) is 3.44. The lowest BCUT2D eigenvalue weighted by molar-refractivity contribution is -0.0957. The molecule has 2 heterocycles. The van der Waals surface area contributed by atoms with Crippen LogP contribution in [0.5, 0.6) is 0 Å². The molecule has 3 nitrogen and oxygen atoms in total. The molecule has 2 fully saturated rings. The van der Waals surface area contributed by atoms with E-state index in [0.29, 0.717) is 12.1 Å². The second-order valence-corrected chi connectivity index (χ2v) is 8.66. The van der Waals surface area contributed by atoms with Gasteiger partial charge in [-0.05, 0) is 49.0 Å². The van der Waals surface area contributed by atoms with E-state index in [-0.39, 0.29) is 17.6 Å². The van der Waals surface area contributed by atoms with E-state index in [0.717, 1.165) is 25.9 Å². The number of rotatable bonds is 4. The van der Waals surface area contributed by atoms with Gasteiger partial charge in [-0.3, -0.25) is 0 Å². The molecule has 2 atom stereocenters. The number of nitrogens with one attached hydrogen (secondary N) is 1. The predicted molar refractivity (Wildman–Crippen MR) is 86.3 cm³/mol. The molecule has 0 aliphatic carbocycles. The molecule has 0 aromatic heterocycles. The van der Waals surface area contributed by atoms with E-state index >= 15 is 0 Å². The Bertz CT molecular complexity index is 292. The molecule has 2 unspecified atom stereocenters. The Balaban J connectivity index is 1.94. The summed E-state index contributed by atoms with van der Waals surface area (Å²) in [4.78, 5) is 0. The van der Waals surface area contributed by atoms with E-state index in [1.165, 1.54) is 24.3 Å². The quantitative estimate of drug-likeness (QED) is 0.838. The molecular formula is C16H31NO2S. The molecule has 0 radical (unpaired) electrons. The van der Waals surface area contributed by atoms with Crippen LogP contribution >= 0.6 is 11.8 Å². The van der Waals surface area contributed by atoms with Crippen LogP contribution in [0.15, 0.2) is 0 Å². The largest absolute Gasteiger partial charge is 0.396 e. The molecule has 2 N–H and O–H groups in total. The first-order valence-electron chi connectivity index (χ1n) is 8.04. The van der Waals surface area contributed by atoms with Crippen LogP contribution < -0.4 is 5.32 Å². The van der Waals surface area contributed by atoms with Crippen molar-refractivity contribution in [2.24, 2.45) is 5.41 Å². The Morgan fingerprint density at radius 3 is 2.65 bits per heavy atom. The summed E-state index contributed by atoms with van der Waals surface area (Å²) in [5.41, 5.74) is 0.333. The molecule has 0 bridgehead atoms. The van der Waals surface area contributed by atoms with Gasteiger partial charge in [-0.1, -0.05) is 20.8 Å². The number of aliphatic hydroxyl groups excluding tert-OH is 1. The molecular weight excluding hydrogens is 270 g/mol. The van der Waals surface area contributed by atoms with Gasteiger partial charge in [0.05, 0.1) is 5.60 Å². The molecule has 0 aromatic rings. The predicted octanol–water partition coefficient (Wildman–Crippen LogP) is 2.82. The van der Waals surface area contributed by atoms with Gasteiger partial charge in [0, 0.05) is 25.3 Å². The Kier molecular flexibility index (Phi) is 5.80. The highest BCUT2D eigenvalue weighted by atomic mass is 32.2. The topological polar surface area (TPSA) is 41.5 Å². The smallest absolute Gasteiger partial charge is 0.0713 e. The molecule has 2 saturated heterocycles. The van der Waals surface area contributed by atoms with Crippen molar-refractivity contribution in [1.29, 1.82) is 0 Å². The van der Waals surface area contributed by atoms with Crippen LogP contribution in [0.4, 0.5) is 0 Å². The van der Waals surface area contributed by atoms with Gasteiger partial charge in [-0.25, -0.2) is 0 Å². The average Bonchev–Trinajstić information content (AvgIpc) is 2.38. The van der Waals surface area contributed by atoms with Crippen molar-refractivity contribution >= 4 is 11.8 Å². The molecule has 0 amide bonds. The normalized spacial score (nSPS) is 28.5. The summed E-state index contributed by atoms with van der Waals surface area (Å²) in [5.74, 6) is 2.48. The first kappa shape index (κ1) is 16.6. The maximum Gasteiger partial charge on any atom is 0.0713 e. The molecule has 0 aromatic carbocycles. The minimum atomic E-state index is 0.142. The highest BCUT2D eigenvalue weighted by Gasteiger charge is 2.39. The minimum absolute atomic E-state index is 0.142. The summed E-state index contributed by atoms with van der Waals surface area (Å²) in [5, 5.41) is 13.1. The van der Waals surface area contributed by atoms with Gasteiger partial charge >= 0.3 is 0 Å². The summed E-state index contributed by atoms with van der Waals surface area (Å²) < 4.78 is 6.16. The maximum atomic E-state index is 9.30. The van der Waals surface area contributed by atoms with Crippen LogP contribution in [0.3, 0.4) is 0 Å². The van der Waals surface area contributed by atoms with Gasteiger partial charge in [0.25, 0.3) is 0 Å².